The van der Waals surface area contributed by atoms with Gasteiger partial charge in [0.15, 0.2) is 0 Å². The Bertz CT molecular complexity index is 430. The molecule has 7 nitrogen and oxygen atoms in total. The standard InChI is InChI=1S/C11H17ClN4O3/c1-4-5-19-11-15-9(12)14-10(16-11)13-7(2)6-8(17)18-3/h7H,4-6H2,1-3H3,(H,13,14,15,16). The van der Waals surface area contributed by atoms with Gasteiger partial charge in [0.25, 0.3) is 0 Å². The summed E-state index contributed by atoms with van der Waals surface area (Å²) in [6, 6.07) is -0.0282. The lowest BCUT2D eigenvalue weighted by molar-refractivity contribution is -0.140. The van der Waals surface area contributed by atoms with Crippen molar-refractivity contribution in [2.45, 2.75) is 32.7 Å². The van der Waals surface area contributed by atoms with Crippen LogP contribution in [0.2, 0.25) is 5.28 Å². The van der Waals surface area contributed by atoms with E-state index in [2.05, 4.69) is 25.0 Å². The first-order chi connectivity index (χ1) is 9.05. The number of ether oxygens (including phenoxy) is 2. The fraction of sp³-hybridized carbons (Fsp3) is 0.636. The third kappa shape index (κ3) is 5.69. The maximum Gasteiger partial charge on any atom is 0.322 e. The molecule has 1 rings (SSSR count). The SMILES string of the molecule is CCCOc1nc(Cl)nc(NC(C)CC(=O)OC)n1. The van der Waals surface area contributed by atoms with Gasteiger partial charge in [-0.15, -0.1) is 0 Å². The Morgan fingerprint density at radius 1 is 1.42 bits per heavy atom. The van der Waals surface area contributed by atoms with E-state index >= 15 is 0 Å². The minimum atomic E-state index is -0.317. The van der Waals surface area contributed by atoms with E-state index in [4.69, 9.17) is 16.3 Å². The molecule has 1 heterocycles. The van der Waals surface area contributed by atoms with Crippen molar-refractivity contribution in [3.8, 4) is 6.01 Å². The van der Waals surface area contributed by atoms with Crippen LogP contribution < -0.4 is 10.1 Å². The topological polar surface area (TPSA) is 86.2 Å². The number of rotatable bonds is 7. The van der Waals surface area contributed by atoms with Crippen molar-refractivity contribution in [2.24, 2.45) is 0 Å². The highest BCUT2D eigenvalue weighted by Crippen LogP contribution is 2.13. The number of nitrogens with zero attached hydrogens (tertiary/aromatic N) is 3. The molecule has 0 fully saturated rings. The monoisotopic (exact) mass is 288 g/mol. The van der Waals surface area contributed by atoms with Crippen LogP contribution in [0.4, 0.5) is 5.95 Å². The maximum absolute atomic E-state index is 11.1. The Hall–Kier alpha value is -1.63. The van der Waals surface area contributed by atoms with Crippen molar-refractivity contribution in [1.29, 1.82) is 0 Å². The summed E-state index contributed by atoms with van der Waals surface area (Å²) in [5.41, 5.74) is 0. The highest BCUT2D eigenvalue weighted by molar-refractivity contribution is 6.28. The Kier molecular flexibility index (Phi) is 6.27. The molecule has 19 heavy (non-hydrogen) atoms. The fourth-order valence-corrected chi connectivity index (χ4v) is 1.41. The van der Waals surface area contributed by atoms with Gasteiger partial charge >= 0.3 is 12.0 Å². The zero-order valence-corrected chi connectivity index (χ0v) is 11.9. The lowest BCUT2D eigenvalue weighted by Gasteiger charge is -2.12. The molecular formula is C11H17ClN4O3. The first kappa shape index (κ1) is 15.4. The van der Waals surface area contributed by atoms with Gasteiger partial charge in [0.05, 0.1) is 20.1 Å². The lowest BCUT2D eigenvalue weighted by Crippen LogP contribution is -2.22. The summed E-state index contributed by atoms with van der Waals surface area (Å²) in [6.07, 6.45) is 1.04. The number of esters is 1. The van der Waals surface area contributed by atoms with Crippen LogP contribution in [0.5, 0.6) is 6.01 Å². The van der Waals surface area contributed by atoms with Crippen LogP contribution in [0.25, 0.3) is 0 Å². The molecule has 1 N–H and O–H groups in total. The third-order valence-electron chi connectivity index (χ3n) is 2.10. The molecule has 8 heteroatoms. The minimum Gasteiger partial charge on any atom is -0.469 e. The van der Waals surface area contributed by atoms with Gasteiger partial charge in [-0.05, 0) is 24.9 Å². The number of hydrogen-bond acceptors (Lipinski definition) is 7. The molecule has 106 valence electrons. The lowest BCUT2D eigenvalue weighted by atomic mass is 10.2. The van der Waals surface area contributed by atoms with E-state index in [9.17, 15) is 4.79 Å². The van der Waals surface area contributed by atoms with E-state index in [0.29, 0.717) is 6.61 Å². The van der Waals surface area contributed by atoms with Gasteiger partial charge in [-0.2, -0.15) is 15.0 Å². The van der Waals surface area contributed by atoms with E-state index in [1.54, 1.807) is 6.92 Å². The Balaban J connectivity index is 2.66. The van der Waals surface area contributed by atoms with Gasteiger partial charge < -0.3 is 14.8 Å². The van der Waals surface area contributed by atoms with E-state index in [-0.39, 0.29) is 35.7 Å². The van der Waals surface area contributed by atoms with Crippen molar-refractivity contribution < 1.29 is 14.3 Å². The van der Waals surface area contributed by atoms with Crippen molar-refractivity contribution >= 4 is 23.5 Å². The van der Waals surface area contributed by atoms with Crippen LogP contribution >= 0.6 is 11.6 Å². The second kappa shape index (κ2) is 7.73. The summed E-state index contributed by atoms with van der Waals surface area (Å²) in [4.78, 5) is 22.9. The Labute approximate surface area is 116 Å². The van der Waals surface area contributed by atoms with Crippen LogP contribution in [-0.2, 0) is 9.53 Å². The predicted molar refractivity (Wildman–Crippen MR) is 70.3 cm³/mol. The van der Waals surface area contributed by atoms with Crippen LogP contribution in [-0.4, -0.2) is 40.7 Å². The van der Waals surface area contributed by atoms with E-state index in [0.717, 1.165) is 6.42 Å². The number of nitrogens with one attached hydrogen (secondary N) is 1. The number of carbonyl (C=O) groups is 1. The van der Waals surface area contributed by atoms with Gasteiger partial charge in [0.2, 0.25) is 11.2 Å². The smallest absolute Gasteiger partial charge is 0.322 e. The highest BCUT2D eigenvalue weighted by Gasteiger charge is 2.12. The molecule has 0 saturated carbocycles. The Morgan fingerprint density at radius 2 is 2.16 bits per heavy atom. The van der Waals surface area contributed by atoms with Gasteiger partial charge in [-0.25, -0.2) is 0 Å². The molecular weight excluding hydrogens is 272 g/mol. The first-order valence-corrected chi connectivity index (χ1v) is 6.30. The zero-order valence-electron chi connectivity index (χ0n) is 11.1. The second-order valence-electron chi connectivity index (χ2n) is 3.88. The number of hydrogen-bond donors (Lipinski definition) is 1. The van der Waals surface area contributed by atoms with Crippen molar-refractivity contribution in [3.05, 3.63) is 5.28 Å². The van der Waals surface area contributed by atoms with Gasteiger partial charge in [-0.3, -0.25) is 4.79 Å². The molecule has 0 amide bonds. The molecule has 0 aliphatic rings. The molecule has 0 aliphatic carbocycles. The number of halogens is 1. The fourth-order valence-electron chi connectivity index (χ4n) is 1.26. The van der Waals surface area contributed by atoms with E-state index in [1.807, 2.05) is 6.92 Å². The molecule has 0 radical (unpaired) electrons. The molecule has 1 aromatic rings. The molecule has 1 atom stereocenters. The van der Waals surface area contributed by atoms with Crippen LogP contribution in [0.3, 0.4) is 0 Å². The summed E-state index contributed by atoms with van der Waals surface area (Å²) in [5, 5.41) is 2.97. The summed E-state index contributed by atoms with van der Waals surface area (Å²) in [7, 11) is 1.34. The average molecular weight is 289 g/mol. The molecule has 0 aliphatic heterocycles. The van der Waals surface area contributed by atoms with Crippen LogP contribution in [0, 0.1) is 0 Å². The molecule has 1 aromatic heterocycles. The van der Waals surface area contributed by atoms with E-state index in [1.165, 1.54) is 7.11 Å². The second-order valence-corrected chi connectivity index (χ2v) is 4.22. The average Bonchev–Trinajstić information content (AvgIpc) is 2.35. The first-order valence-electron chi connectivity index (χ1n) is 5.92. The maximum atomic E-state index is 11.1. The molecule has 0 saturated heterocycles. The van der Waals surface area contributed by atoms with Gasteiger partial charge in [0, 0.05) is 6.04 Å². The van der Waals surface area contributed by atoms with Gasteiger partial charge in [-0.1, -0.05) is 6.92 Å². The van der Waals surface area contributed by atoms with Gasteiger partial charge in [0.1, 0.15) is 0 Å². The van der Waals surface area contributed by atoms with Crippen LogP contribution in [0.1, 0.15) is 26.7 Å². The molecule has 0 bridgehead atoms. The summed E-state index contributed by atoms with van der Waals surface area (Å²) < 4.78 is 9.86. The highest BCUT2D eigenvalue weighted by atomic mass is 35.5. The number of methoxy groups -OCH3 is 1. The normalized spacial score (nSPS) is 11.8. The summed E-state index contributed by atoms with van der Waals surface area (Å²) in [5.74, 6) is -0.0508. The number of aromatic nitrogens is 3. The molecule has 0 aromatic carbocycles. The minimum absolute atomic E-state index is 0.0360. The third-order valence-corrected chi connectivity index (χ3v) is 2.27. The number of anilines is 1. The van der Waals surface area contributed by atoms with Crippen molar-refractivity contribution in [1.82, 2.24) is 15.0 Å². The largest absolute Gasteiger partial charge is 0.469 e. The summed E-state index contributed by atoms with van der Waals surface area (Å²) in [6.45, 7) is 4.28. The van der Waals surface area contributed by atoms with Crippen LogP contribution in [0.15, 0.2) is 0 Å². The molecule has 1 unspecified atom stereocenters. The van der Waals surface area contributed by atoms with Crippen molar-refractivity contribution in [2.75, 3.05) is 19.0 Å². The zero-order chi connectivity index (χ0) is 14.3. The quantitative estimate of drug-likeness (QED) is 0.764. The predicted octanol–water partition coefficient (Wildman–Crippen LogP) is 1.68. The molecule has 0 spiro atoms. The van der Waals surface area contributed by atoms with Crippen molar-refractivity contribution in [3.63, 3.8) is 0 Å². The summed E-state index contributed by atoms with van der Waals surface area (Å²) >= 11 is 5.77. The Morgan fingerprint density at radius 3 is 2.79 bits per heavy atom. The van der Waals surface area contributed by atoms with E-state index < -0.39 is 0 Å². The number of carbonyl (C=O) groups excluding carboxylic acids is 1.